The van der Waals surface area contributed by atoms with Crippen molar-refractivity contribution in [3.8, 4) is 11.3 Å². The molecular weight excluding hydrogens is 322 g/mol. The number of benzene rings is 1. The average Bonchev–Trinajstić information content (AvgIpc) is 2.91. The summed E-state index contributed by atoms with van der Waals surface area (Å²) in [5.74, 6) is -0.112. The van der Waals surface area contributed by atoms with Crippen LogP contribution in [0.5, 0.6) is 0 Å². The number of ether oxygens (including phenoxy) is 1. The number of aryl methyl sites for hydroxylation is 1. The van der Waals surface area contributed by atoms with Crippen LogP contribution in [0.1, 0.15) is 11.4 Å². The Morgan fingerprint density at radius 1 is 1.50 bits per heavy atom. The Labute approximate surface area is 140 Å². The number of halogens is 1. The highest BCUT2D eigenvalue weighted by Gasteiger charge is 2.12. The van der Waals surface area contributed by atoms with Gasteiger partial charge in [0.05, 0.1) is 23.2 Å². The van der Waals surface area contributed by atoms with Crippen molar-refractivity contribution in [2.45, 2.75) is 19.4 Å². The molecular formula is C15H20ClN3O2S. The number of nitrogens with one attached hydrogen (secondary N) is 1. The molecule has 3 N–H and O–H groups in total. The highest BCUT2D eigenvalue weighted by molar-refractivity contribution is 7.09. The van der Waals surface area contributed by atoms with Crippen molar-refractivity contribution < 1.29 is 9.53 Å². The third-order valence-corrected chi connectivity index (χ3v) is 3.84. The van der Waals surface area contributed by atoms with Crippen LogP contribution >= 0.6 is 23.7 Å². The van der Waals surface area contributed by atoms with Gasteiger partial charge in [-0.1, -0.05) is 12.1 Å². The van der Waals surface area contributed by atoms with Crippen molar-refractivity contribution in [3.05, 3.63) is 34.7 Å². The lowest BCUT2D eigenvalue weighted by molar-refractivity contribution is -0.118. The van der Waals surface area contributed by atoms with Gasteiger partial charge in [0.25, 0.3) is 0 Å². The Hall–Kier alpha value is -1.47. The van der Waals surface area contributed by atoms with Crippen LogP contribution in [0.25, 0.3) is 11.3 Å². The number of anilines is 1. The Morgan fingerprint density at radius 2 is 2.27 bits per heavy atom. The molecule has 0 radical (unpaired) electrons. The van der Waals surface area contributed by atoms with E-state index in [1.807, 2.05) is 36.6 Å². The molecule has 0 saturated heterocycles. The Morgan fingerprint density at radius 3 is 2.86 bits per heavy atom. The second-order valence-electron chi connectivity index (χ2n) is 4.68. The molecule has 1 aromatic heterocycles. The number of amides is 1. The summed E-state index contributed by atoms with van der Waals surface area (Å²) in [5.41, 5.74) is 8.17. The van der Waals surface area contributed by atoms with Gasteiger partial charge in [0, 0.05) is 30.3 Å². The van der Waals surface area contributed by atoms with Gasteiger partial charge in [0.1, 0.15) is 0 Å². The lowest BCUT2D eigenvalue weighted by Crippen LogP contribution is -2.28. The molecule has 1 aromatic carbocycles. The Kier molecular flexibility index (Phi) is 7.47. The van der Waals surface area contributed by atoms with E-state index in [1.54, 1.807) is 18.4 Å². The molecule has 0 aliphatic heterocycles. The molecule has 0 spiro atoms. The van der Waals surface area contributed by atoms with Crippen molar-refractivity contribution in [1.82, 2.24) is 4.98 Å². The number of hydrogen-bond donors (Lipinski definition) is 2. The number of carbonyl (C=O) groups excluding carboxylic acids is 1. The molecule has 22 heavy (non-hydrogen) atoms. The number of nitrogens with zero attached hydrogens (tertiary/aromatic N) is 1. The van der Waals surface area contributed by atoms with E-state index in [1.165, 1.54) is 0 Å². The molecule has 1 amide bonds. The first-order chi connectivity index (χ1) is 10.1. The number of carbonyl (C=O) groups is 1. The van der Waals surface area contributed by atoms with Crippen LogP contribution in [0.3, 0.4) is 0 Å². The molecule has 120 valence electrons. The van der Waals surface area contributed by atoms with Crippen LogP contribution in [-0.4, -0.2) is 30.6 Å². The van der Waals surface area contributed by atoms with E-state index in [2.05, 4.69) is 10.3 Å². The van der Waals surface area contributed by atoms with Gasteiger partial charge in [-0.3, -0.25) is 4.79 Å². The van der Waals surface area contributed by atoms with Crippen molar-refractivity contribution in [1.29, 1.82) is 0 Å². The van der Waals surface area contributed by atoms with E-state index in [0.717, 1.165) is 22.0 Å². The summed E-state index contributed by atoms with van der Waals surface area (Å²) in [6.45, 7) is 2.29. The van der Waals surface area contributed by atoms with E-state index in [0.29, 0.717) is 6.54 Å². The zero-order valence-corrected chi connectivity index (χ0v) is 14.2. The fourth-order valence-corrected chi connectivity index (χ4v) is 2.56. The third kappa shape index (κ3) is 5.06. The van der Waals surface area contributed by atoms with Crippen LogP contribution in [0.4, 0.5) is 5.69 Å². The minimum absolute atomic E-state index is 0. The first-order valence-corrected chi connectivity index (χ1v) is 7.55. The van der Waals surface area contributed by atoms with Gasteiger partial charge in [-0.2, -0.15) is 0 Å². The first-order valence-electron chi connectivity index (χ1n) is 6.67. The summed E-state index contributed by atoms with van der Waals surface area (Å²) >= 11 is 1.60. The van der Waals surface area contributed by atoms with Gasteiger partial charge >= 0.3 is 0 Å². The fourth-order valence-electron chi connectivity index (χ4n) is 1.93. The molecule has 2 rings (SSSR count). The van der Waals surface area contributed by atoms with Crippen LogP contribution in [0.2, 0.25) is 0 Å². The minimum Gasteiger partial charge on any atom is -0.380 e. The van der Waals surface area contributed by atoms with Gasteiger partial charge in [-0.05, 0) is 19.1 Å². The zero-order chi connectivity index (χ0) is 15.2. The van der Waals surface area contributed by atoms with Crippen molar-refractivity contribution in [3.63, 3.8) is 0 Å². The van der Waals surface area contributed by atoms with Crippen LogP contribution in [-0.2, 0) is 9.53 Å². The minimum atomic E-state index is -0.255. The Balaban J connectivity index is 0.00000242. The summed E-state index contributed by atoms with van der Waals surface area (Å²) in [6, 6.07) is 7.64. The molecule has 0 aliphatic rings. The molecule has 2 aromatic rings. The van der Waals surface area contributed by atoms with E-state index in [4.69, 9.17) is 10.5 Å². The SMILES string of the molecule is COC(CN)CC(=O)Nc1cccc(-c2csc(C)n2)c1.Cl. The summed E-state index contributed by atoms with van der Waals surface area (Å²) < 4.78 is 5.11. The van der Waals surface area contributed by atoms with Gasteiger partial charge in [-0.25, -0.2) is 4.98 Å². The van der Waals surface area contributed by atoms with E-state index < -0.39 is 0 Å². The predicted molar refractivity (Wildman–Crippen MR) is 92.6 cm³/mol. The number of rotatable bonds is 6. The normalized spacial score (nSPS) is 11.6. The summed E-state index contributed by atoms with van der Waals surface area (Å²) in [4.78, 5) is 16.4. The van der Waals surface area contributed by atoms with Crippen molar-refractivity contribution in [2.75, 3.05) is 19.0 Å². The molecule has 1 heterocycles. The number of thiazole rings is 1. The number of hydrogen-bond acceptors (Lipinski definition) is 5. The van der Waals surface area contributed by atoms with Crippen LogP contribution in [0.15, 0.2) is 29.6 Å². The lowest BCUT2D eigenvalue weighted by atomic mass is 10.1. The maximum atomic E-state index is 11.9. The molecule has 0 bridgehead atoms. The van der Waals surface area contributed by atoms with Gasteiger partial charge in [0.2, 0.25) is 5.91 Å². The summed E-state index contributed by atoms with van der Waals surface area (Å²) in [6.07, 6.45) is -0.0121. The maximum Gasteiger partial charge on any atom is 0.227 e. The molecule has 0 aliphatic carbocycles. The standard InChI is InChI=1S/C15H19N3O2S.ClH/c1-10-17-14(9-21-10)11-4-3-5-12(6-11)18-15(19)7-13(8-16)20-2;/h3-6,9,13H,7-8,16H2,1-2H3,(H,18,19);1H. The topological polar surface area (TPSA) is 77.2 Å². The summed E-state index contributed by atoms with van der Waals surface area (Å²) in [5, 5.41) is 5.88. The smallest absolute Gasteiger partial charge is 0.227 e. The Bertz CT molecular complexity index is 614. The van der Waals surface area contributed by atoms with Crippen molar-refractivity contribution >= 4 is 35.3 Å². The van der Waals surface area contributed by atoms with E-state index >= 15 is 0 Å². The maximum absolute atomic E-state index is 11.9. The fraction of sp³-hybridized carbons (Fsp3) is 0.333. The molecule has 0 fully saturated rings. The highest BCUT2D eigenvalue weighted by atomic mass is 35.5. The van der Waals surface area contributed by atoms with Crippen LogP contribution in [0, 0.1) is 6.92 Å². The van der Waals surface area contributed by atoms with Gasteiger partial charge in [-0.15, -0.1) is 23.7 Å². The third-order valence-electron chi connectivity index (χ3n) is 3.07. The largest absolute Gasteiger partial charge is 0.380 e. The van der Waals surface area contributed by atoms with E-state index in [9.17, 15) is 4.79 Å². The van der Waals surface area contributed by atoms with Crippen LogP contribution < -0.4 is 11.1 Å². The number of methoxy groups -OCH3 is 1. The predicted octanol–water partition coefficient (Wildman–Crippen LogP) is 2.84. The van der Waals surface area contributed by atoms with Gasteiger partial charge in [0.15, 0.2) is 0 Å². The monoisotopic (exact) mass is 341 g/mol. The zero-order valence-electron chi connectivity index (χ0n) is 12.5. The molecule has 5 nitrogen and oxygen atoms in total. The van der Waals surface area contributed by atoms with Gasteiger partial charge < -0.3 is 15.8 Å². The number of aromatic nitrogens is 1. The quantitative estimate of drug-likeness (QED) is 0.847. The highest BCUT2D eigenvalue weighted by Crippen LogP contribution is 2.24. The molecule has 1 unspecified atom stereocenters. The summed E-state index contributed by atoms with van der Waals surface area (Å²) in [7, 11) is 1.55. The van der Waals surface area contributed by atoms with E-state index in [-0.39, 0.29) is 30.8 Å². The second-order valence-corrected chi connectivity index (χ2v) is 5.74. The molecule has 0 saturated carbocycles. The molecule has 1 atom stereocenters. The first kappa shape index (κ1) is 18.6. The average molecular weight is 342 g/mol. The second kappa shape index (κ2) is 8.85. The lowest BCUT2D eigenvalue weighted by Gasteiger charge is -2.12. The molecule has 7 heteroatoms. The van der Waals surface area contributed by atoms with Crippen molar-refractivity contribution in [2.24, 2.45) is 5.73 Å². The number of nitrogens with two attached hydrogens (primary N) is 1.